The Kier molecular flexibility index (Phi) is 3.76. The van der Waals surface area contributed by atoms with Gasteiger partial charge in [0, 0.05) is 0 Å². The number of benzene rings is 2. The Labute approximate surface area is 135 Å². The summed E-state index contributed by atoms with van der Waals surface area (Å²) in [4.78, 5) is 11.6. The molecule has 4 nitrogen and oxygen atoms in total. The fourth-order valence-corrected chi connectivity index (χ4v) is 3.60. The summed E-state index contributed by atoms with van der Waals surface area (Å²) in [7, 11) is 3.19. The smallest absolute Gasteiger partial charge is 0.339 e. The Morgan fingerprint density at radius 1 is 1.00 bits per heavy atom. The van der Waals surface area contributed by atoms with E-state index in [0.29, 0.717) is 5.75 Å². The fourth-order valence-electron chi connectivity index (χ4n) is 3.60. The number of fused-ring (bicyclic) bond motifs is 3. The largest absolute Gasteiger partial charge is 0.496 e. The number of ether oxygens (including phenoxy) is 2. The van der Waals surface area contributed by atoms with Gasteiger partial charge in [0.05, 0.1) is 14.2 Å². The highest BCUT2D eigenvalue weighted by atomic mass is 16.5. The molecule has 0 bridgehead atoms. The van der Waals surface area contributed by atoms with E-state index < -0.39 is 5.97 Å². The number of hydrogen-bond donors (Lipinski definition) is 1. The second-order valence-electron chi connectivity index (χ2n) is 5.83. The SMILES string of the molecule is COc1ccc2c(c1C)CCc1c-2cc(C(=O)O)c(OC)c1C. The Morgan fingerprint density at radius 2 is 1.65 bits per heavy atom. The molecule has 120 valence electrons. The average molecular weight is 312 g/mol. The number of carboxylic acid groups (broad SMARTS) is 1. The van der Waals surface area contributed by atoms with Crippen molar-refractivity contribution in [1.29, 1.82) is 0 Å². The maximum absolute atomic E-state index is 11.6. The standard InChI is InChI=1S/C19H20O4/c1-10-12-5-6-13-11(2)18(23-4)16(19(20)21)9-15(13)14(12)7-8-17(10)22-3/h7-9H,5-6H2,1-4H3,(H,20,21). The van der Waals surface area contributed by atoms with Gasteiger partial charge < -0.3 is 14.6 Å². The summed E-state index contributed by atoms with van der Waals surface area (Å²) in [6.07, 6.45) is 1.79. The lowest BCUT2D eigenvalue weighted by Gasteiger charge is -2.26. The third-order valence-electron chi connectivity index (χ3n) is 4.77. The molecule has 0 heterocycles. The minimum absolute atomic E-state index is 0.213. The Morgan fingerprint density at radius 3 is 2.22 bits per heavy atom. The first-order valence-electron chi connectivity index (χ1n) is 7.60. The molecule has 1 aliphatic rings. The summed E-state index contributed by atoms with van der Waals surface area (Å²) < 4.78 is 10.8. The van der Waals surface area contributed by atoms with Gasteiger partial charge in [-0.25, -0.2) is 4.79 Å². The predicted molar refractivity (Wildman–Crippen MR) is 88.8 cm³/mol. The second-order valence-corrected chi connectivity index (χ2v) is 5.83. The van der Waals surface area contributed by atoms with E-state index in [-0.39, 0.29) is 5.56 Å². The van der Waals surface area contributed by atoms with Gasteiger partial charge in [0.15, 0.2) is 0 Å². The van der Waals surface area contributed by atoms with Crippen LogP contribution in [-0.2, 0) is 12.8 Å². The van der Waals surface area contributed by atoms with E-state index in [2.05, 4.69) is 6.92 Å². The van der Waals surface area contributed by atoms with E-state index in [9.17, 15) is 9.90 Å². The van der Waals surface area contributed by atoms with Gasteiger partial charge in [-0.3, -0.25) is 0 Å². The number of rotatable bonds is 3. The zero-order valence-electron chi connectivity index (χ0n) is 13.8. The van der Waals surface area contributed by atoms with Crippen LogP contribution in [0, 0.1) is 13.8 Å². The normalized spacial score (nSPS) is 12.3. The van der Waals surface area contributed by atoms with Crippen molar-refractivity contribution in [2.45, 2.75) is 26.7 Å². The first-order valence-corrected chi connectivity index (χ1v) is 7.60. The van der Waals surface area contributed by atoms with Gasteiger partial charge in [0.2, 0.25) is 0 Å². The van der Waals surface area contributed by atoms with E-state index >= 15 is 0 Å². The number of methoxy groups -OCH3 is 2. The van der Waals surface area contributed by atoms with E-state index in [1.807, 2.05) is 19.1 Å². The third-order valence-corrected chi connectivity index (χ3v) is 4.77. The fraction of sp³-hybridized carbons (Fsp3) is 0.316. The molecule has 3 rings (SSSR count). The molecule has 0 aromatic heterocycles. The van der Waals surface area contributed by atoms with Crippen LogP contribution in [0.4, 0.5) is 0 Å². The number of hydrogen-bond acceptors (Lipinski definition) is 3. The lowest BCUT2D eigenvalue weighted by molar-refractivity contribution is 0.0693. The molecule has 0 saturated carbocycles. The van der Waals surface area contributed by atoms with Crippen molar-refractivity contribution >= 4 is 5.97 Å². The highest BCUT2D eigenvalue weighted by Gasteiger charge is 2.26. The Balaban J connectivity index is 2.31. The predicted octanol–water partition coefficient (Wildman–Crippen LogP) is 3.78. The molecular weight excluding hydrogens is 292 g/mol. The highest BCUT2D eigenvalue weighted by molar-refractivity contribution is 5.95. The van der Waals surface area contributed by atoms with Crippen molar-refractivity contribution in [2.75, 3.05) is 14.2 Å². The van der Waals surface area contributed by atoms with E-state index in [1.165, 1.54) is 18.2 Å². The van der Waals surface area contributed by atoms with Crippen LogP contribution in [0.5, 0.6) is 11.5 Å². The molecule has 23 heavy (non-hydrogen) atoms. The van der Waals surface area contributed by atoms with Gasteiger partial charge in [-0.05, 0) is 72.2 Å². The molecule has 1 N–H and O–H groups in total. The molecule has 2 aromatic carbocycles. The quantitative estimate of drug-likeness (QED) is 0.937. The van der Waals surface area contributed by atoms with Crippen LogP contribution in [-0.4, -0.2) is 25.3 Å². The van der Waals surface area contributed by atoms with Gasteiger partial charge in [0.1, 0.15) is 17.1 Å². The molecule has 1 aliphatic carbocycles. The van der Waals surface area contributed by atoms with E-state index in [4.69, 9.17) is 9.47 Å². The van der Waals surface area contributed by atoms with Crippen molar-refractivity contribution in [3.8, 4) is 22.6 Å². The van der Waals surface area contributed by atoms with Crippen LogP contribution in [0.25, 0.3) is 11.1 Å². The molecule has 0 amide bonds. The second kappa shape index (κ2) is 5.61. The topological polar surface area (TPSA) is 55.8 Å². The van der Waals surface area contributed by atoms with Crippen molar-refractivity contribution < 1.29 is 19.4 Å². The molecule has 0 aliphatic heterocycles. The van der Waals surface area contributed by atoms with Crippen LogP contribution >= 0.6 is 0 Å². The van der Waals surface area contributed by atoms with Crippen molar-refractivity contribution in [3.05, 3.63) is 46.0 Å². The molecule has 0 spiro atoms. The molecule has 4 heteroatoms. The van der Waals surface area contributed by atoms with Gasteiger partial charge >= 0.3 is 5.97 Å². The Bertz CT molecular complexity index is 806. The van der Waals surface area contributed by atoms with E-state index in [1.54, 1.807) is 13.2 Å². The molecular formula is C19H20O4. The molecule has 0 saturated heterocycles. The van der Waals surface area contributed by atoms with Crippen LogP contribution in [0.3, 0.4) is 0 Å². The van der Waals surface area contributed by atoms with Gasteiger partial charge in [-0.2, -0.15) is 0 Å². The average Bonchev–Trinajstić information content (AvgIpc) is 2.54. The van der Waals surface area contributed by atoms with Crippen LogP contribution in [0.2, 0.25) is 0 Å². The lowest BCUT2D eigenvalue weighted by atomic mass is 9.80. The Hall–Kier alpha value is -2.49. The zero-order valence-corrected chi connectivity index (χ0v) is 13.8. The monoisotopic (exact) mass is 312 g/mol. The van der Waals surface area contributed by atoms with Gasteiger partial charge in [-0.1, -0.05) is 6.07 Å². The molecule has 0 fully saturated rings. The minimum atomic E-state index is -0.967. The first-order chi connectivity index (χ1) is 11.0. The minimum Gasteiger partial charge on any atom is -0.496 e. The van der Waals surface area contributed by atoms with Crippen molar-refractivity contribution in [2.24, 2.45) is 0 Å². The van der Waals surface area contributed by atoms with E-state index in [0.717, 1.165) is 40.8 Å². The number of aromatic carboxylic acids is 1. The molecule has 0 unspecified atom stereocenters. The maximum atomic E-state index is 11.6. The van der Waals surface area contributed by atoms with Crippen molar-refractivity contribution in [3.63, 3.8) is 0 Å². The lowest BCUT2D eigenvalue weighted by Crippen LogP contribution is -2.12. The number of carboxylic acids is 1. The highest BCUT2D eigenvalue weighted by Crippen LogP contribution is 2.42. The third kappa shape index (κ3) is 2.25. The van der Waals surface area contributed by atoms with Crippen molar-refractivity contribution in [1.82, 2.24) is 0 Å². The summed E-state index contributed by atoms with van der Waals surface area (Å²) in [6.45, 7) is 3.99. The van der Waals surface area contributed by atoms with Gasteiger partial charge in [0.25, 0.3) is 0 Å². The summed E-state index contributed by atoms with van der Waals surface area (Å²) in [5.74, 6) is 0.367. The summed E-state index contributed by atoms with van der Waals surface area (Å²) in [5.41, 5.74) is 6.75. The summed E-state index contributed by atoms with van der Waals surface area (Å²) in [6, 6.07) is 5.72. The molecule has 0 radical (unpaired) electrons. The van der Waals surface area contributed by atoms with Crippen LogP contribution in [0.15, 0.2) is 18.2 Å². The zero-order chi connectivity index (χ0) is 16.7. The number of carbonyl (C=O) groups is 1. The molecule has 2 aromatic rings. The molecule has 0 atom stereocenters. The maximum Gasteiger partial charge on any atom is 0.339 e. The summed E-state index contributed by atoms with van der Waals surface area (Å²) >= 11 is 0. The summed E-state index contributed by atoms with van der Waals surface area (Å²) in [5, 5.41) is 9.51. The van der Waals surface area contributed by atoms with Gasteiger partial charge in [-0.15, -0.1) is 0 Å². The van der Waals surface area contributed by atoms with Crippen LogP contribution < -0.4 is 9.47 Å². The first kappa shape index (κ1) is 15.4. The van der Waals surface area contributed by atoms with Crippen LogP contribution in [0.1, 0.15) is 32.6 Å².